The first-order chi connectivity index (χ1) is 9.39. The van der Waals surface area contributed by atoms with Crippen molar-refractivity contribution in [2.45, 2.75) is 58.5 Å². The lowest BCUT2D eigenvalue weighted by Crippen LogP contribution is -2.20. The molecule has 1 atom stereocenters. The van der Waals surface area contributed by atoms with E-state index < -0.39 is 12.1 Å². The van der Waals surface area contributed by atoms with Crippen LogP contribution in [0.15, 0.2) is 12.1 Å². The zero-order valence-corrected chi connectivity index (χ0v) is 13.9. The number of hydrogen-bond acceptors (Lipinski definition) is 3. The Morgan fingerprint density at radius 3 is 1.67 bits per heavy atom. The number of benzene rings is 1. The number of methoxy groups -OCH3 is 1. The van der Waals surface area contributed by atoms with Crippen molar-refractivity contribution in [1.29, 1.82) is 0 Å². The quantitative estimate of drug-likeness (QED) is 0.890. The maximum Gasteiger partial charge on any atom is 0.337 e. The lowest BCUT2D eigenvalue weighted by molar-refractivity contribution is -0.148. The van der Waals surface area contributed by atoms with Gasteiger partial charge >= 0.3 is 5.97 Å². The van der Waals surface area contributed by atoms with Crippen LogP contribution < -0.4 is 0 Å². The van der Waals surface area contributed by atoms with Crippen molar-refractivity contribution >= 4 is 5.97 Å². The van der Waals surface area contributed by atoms with E-state index in [1.54, 1.807) is 12.1 Å². The number of ether oxygens (including phenoxy) is 1. The first-order valence-electron chi connectivity index (χ1n) is 7.03. The van der Waals surface area contributed by atoms with E-state index in [-0.39, 0.29) is 16.6 Å². The molecule has 0 radical (unpaired) electrons. The Kier molecular flexibility index (Phi) is 4.73. The minimum Gasteiger partial charge on any atom is -0.507 e. The summed E-state index contributed by atoms with van der Waals surface area (Å²) in [5, 5.41) is 19.9. The number of phenols is 1. The van der Waals surface area contributed by atoms with Gasteiger partial charge in [-0.05, 0) is 39.7 Å². The van der Waals surface area contributed by atoms with E-state index in [0.29, 0.717) is 5.56 Å². The molecule has 2 N–H and O–H groups in total. The SMILES string of the molecule is COC(C(=O)O)c1cc(C(C)(C)C)c(O)c(C(C)(C)C)c1. The van der Waals surface area contributed by atoms with Gasteiger partial charge in [0.1, 0.15) is 5.75 Å². The van der Waals surface area contributed by atoms with Gasteiger partial charge in [0.2, 0.25) is 0 Å². The van der Waals surface area contributed by atoms with Crippen molar-refractivity contribution < 1.29 is 19.7 Å². The van der Waals surface area contributed by atoms with Crippen LogP contribution in [0.1, 0.15) is 64.3 Å². The highest BCUT2D eigenvalue weighted by molar-refractivity contribution is 5.75. The molecule has 0 bridgehead atoms. The molecule has 4 heteroatoms. The van der Waals surface area contributed by atoms with Gasteiger partial charge in [-0.25, -0.2) is 4.79 Å². The van der Waals surface area contributed by atoms with E-state index in [1.165, 1.54) is 7.11 Å². The largest absolute Gasteiger partial charge is 0.507 e. The third-order valence-electron chi connectivity index (χ3n) is 3.51. The van der Waals surface area contributed by atoms with Crippen molar-refractivity contribution in [3.63, 3.8) is 0 Å². The Morgan fingerprint density at radius 1 is 1.05 bits per heavy atom. The molecule has 0 saturated carbocycles. The summed E-state index contributed by atoms with van der Waals surface area (Å²) >= 11 is 0. The number of phenolic OH excluding ortho intramolecular Hbond substituents is 1. The highest BCUT2D eigenvalue weighted by Gasteiger charge is 2.29. The van der Waals surface area contributed by atoms with Gasteiger partial charge in [0.05, 0.1) is 0 Å². The molecule has 0 aliphatic heterocycles. The molecule has 0 saturated heterocycles. The van der Waals surface area contributed by atoms with Crippen LogP contribution in [0.2, 0.25) is 0 Å². The normalized spacial score (nSPS) is 14.0. The van der Waals surface area contributed by atoms with E-state index in [4.69, 9.17) is 4.74 Å². The Hall–Kier alpha value is -1.55. The number of rotatable bonds is 3. The fourth-order valence-electron chi connectivity index (χ4n) is 2.33. The zero-order valence-electron chi connectivity index (χ0n) is 13.9. The standard InChI is InChI=1S/C17H26O4/c1-16(2,3)11-8-10(14(21-7)15(19)20)9-12(13(11)18)17(4,5)6/h8-9,14,18H,1-7H3,(H,19,20). The Bertz CT molecular complexity index is 498. The molecule has 0 amide bonds. The van der Waals surface area contributed by atoms with Crippen molar-refractivity contribution in [2.75, 3.05) is 7.11 Å². The number of hydrogen-bond donors (Lipinski definition) is 2. The third-order valence-corrected chi connectivity index (χ3v) is 3.51. The van der Waals surface area contributed by atoms with Gasteiger partial charge in [-0.1, -0.05) is 41.5 Å². The molecule has 0 aliphatic carbocycles. The highest BCUT2D eigenvalue weighted by Crippen LogP contribution is 2.41. The van der Waals surface area contributed by atoms with Gasteiger partial charge in [0.15, 0.2) is 6.10 Å². The second kappa shape index (κ2) is 5.68. The highest BCUT2D eigenvalue weighted by atomic mass is 16.5. The Morgan fingerprint density at radius 2 is 1.43 bits per heavy atom. The summed E-state index contributed by atoms with van der Waals surface area (Å²) in [4.78, 5) is 11.4. The summed E-state index contributed by atoms with van der Waals surface area (Å²) in [6.07, 6.45) is -1.03. The molecular weight excluding hydrogens is 268 g/mol. The molecule has 0 heterocycles. The smallest absolute Gasteiger partial charge is 0.337 e. The average molecular weight is 294 g/mol. The first-order valence-corrected chi connectivity index (χ1v) is 7.03. The molecule has 1 aromatic rings. The maximum absolute atomic E-state index is 11.4. The van der Waals surface area contributed by atoms with Crippen LogP contribution in [0.5, 0.6) is 5.75 Å². The molecule has 118 valence electrons. The number of carbonyl (C=O) groups is 1. The molecule has 4 nitrogen and oxygen atoms in total. The van der Waals surface area contributed by atoms with Gasteiger partial charge in [-0.3, -0.25) is 0 Å². The summed E-state index contributed by atoms with van der Waals surface area (Å²) < 4.78 is 5.09. The first kappa shape index (κ1) is 17.5. The summed E-state index contributed by atoms with van der Waals surface area (Å²) in [7, 11) is 1.37. The molecule has 0 aromatic heterocycles. The number of carboxylic acid groups (broad SMARTS) is 1. The van der Waals surface area contributed by atoms with E-state index in [2.05, 4.69) is 0 Å². The second-order valence-corrected chi connectivity index (χ2v) is 7.42. The van der Waals surface area contributed by atoms with Crippen molar-refractivity contribution in [3.8, 4) is 5.75 Å². The zero-order chi connectivity index (χ0) is 16.6. The van der Waals surface area contributed by atoms with Crippen LogP contribution >= 0.6 is 0 Å². The fraction of sp³-hybridized carbons (Fsp3) is 0.588. The predicted octanol–water partition coefficient (Wildman–Crippen LogP) is 3.76. The molecule has 21 heavy (non-hydrogen) atoms. The van der Waals surface area contributed by atoms with Crippen LogP contribution in [0.25, 0.3) is 0 Å². The van der Waals surface area contributed by atoms with Gasteiger partial charge < -0.3 is 14.9 Å². The minimum atomic E-state index is -1.04. The second-order valence-electron chi connectivity index (χ2n) is 7.42. The number of aromatic hydroxyl groups is 1. The van der Waals surface area contributed by atoms with Crippen molar-refractivity contribution in [2.24, 2.45) is 0 Å². The minimum absolute atomic E-state index is 0.235. The molecular formula is C17H26O4. The Labute approximate surface area is 126 Å². The lowest BCUT2D eigenvalue weighted by atomic mass is 9.78. The topological polar surface area (TPSA) is 66.8 Å². The lowest BCUT2D eigenvalue weighted by Gasteiger charge is -2.29. The summed E-state index contributed by atoms with van der Waals surface area (Å²) in [5.74, 6) is -0.804. The van der Waals surface area contributed by atoms with Crippen molar-refractivity contribution in [1.82, 2.24) is 0 Å². The van der Waals surface area contributed by atoms with Gasteiger partial charge in [-0.2, -0.15) is 0 Å². The van der Waals surface area contributed by atoms with Gasteiger partial charge in [-0.15, -0.1) is 0 Å². The summed E-state index contributed by atoms with van der Waals surface area (Å²) in [5.41, 5.74) is 1.42. The molecule has 1 aromatic carbocycles. The molecule has 1 unspecified atom stereocenters. The monoisotopic (exact) mass is 294 g/mol. The number of carboxylic acids is 1. The van der Waals surface area contributed by atoms with Crippen LogP contribution in [-0.2, 0) is 20.4 Å². The molecule has 0 fully saturated rings. The van der Waals surface area contributed by atoms with Crippen LogP contribution in [-0.4, -0.2) is 23.3 Å². The third kappa shape index (κ3) is 3.76. The van der Waals surface area contributed by atoms with Gasteiger partial charge in [0, 0.05) is 7.11 Å². The Balaban J connectivity index is 3.66. The van der Waals surface area contributed by atoms with Gasteiger partial charge in [0.25, 0.3) is 0 Å². The summed E-state index contributed by atoms with van der Waals surface area (Å²) in [6, 6.07) is 3.46. The average Bonchev–Trinajstić information content (AvgIpc) is 2.28. The fourth-order valence-corrected chi connectivity index (χ4v) is 2.33. The molecule has 1 rings (SSSR count). The van der Waals surface area contributed by atoms with E-state index in [1.807, 2.05) is 41.5 Å². The van der Waals surface area contributed by atoms with Crippen LogP contribution in [0, 0.1) is 0 Å². The predicted molar refractivity (Wildman–Crippen MR) is 82.9 cm³/mol. The van der Waals surface area contributed by atoms with E-state index in [9.17, 15) is 15.0 Å². The number of aliphatic carboxylic acids is 1. The molecule has 0 spiro atoms. The maximum atomic E-state index is 11.4. The van der Waals surface area contributed by atoms with Crippen LogP contribution in [0.3, 0.4) is 0 Å². The van der Waals surface area contributed by atoms with E-state index >= 15 is 0 Å². The summed E-state index contributed by atoms with van der Waals surface area (Å²) in [6.45, 7) is 11.9. The van der Waals surface area contributed by atoms with E-state index in [0.717, 1.165) is 11.1 Å². The van der Waals surface area contributed by atoms with Crippen LogP contribution in [0.4, 0.5) is 0 Å². The van der Waals surface area contributed by atoms with Crippen molar-refractivity contribution in [3.05, 3.63) is 28.8 Å². The molecule has 0 aliphatic rings.